The Hall–Kier alpha value is -2.62. The summed E-state index contributed by atoms with van der Waals surface area (Å²) in [6.45, 7) is 26.9. The molecule has 0 N–H and O–H groups in total. The number of amides is 1. The molecule has 0 saturated heterocycles. The molecule has 1 amide bonds. The summed E-state index contributed by atoms with van der Waals surface area (Å²) in [7, 11) is 1.89. The molecule has 0 atom stereocenters. The van der Waals surface area contributed by atoms with Gasteiger partial charge in [0.05, 0.1) is 0 Å². The van der Waals surface area contributed by atoms with E-state index in [1.165, 1.54) is 67.2 Å². The fourth-order valence-corrected chi connectivity index (χ4v) is 6.30. The smallest absolute Gasteiger partial charge is 0.410 e. The van der Waals surface area contributed by atoms with Crippen LogP contribution in [-0.2, 0) is 4.74 Å². The van der Waals surface area contributed by atoms with E-state index in [2.05, 4.69) is 66.0 Å². The lowest BCUT2D eigenvalue weighted by Gasteiger charge is -2.29. The normalized spacial score (nSPS) is 18.3. The van der Waals surface area contributed by atoms with Crippen LogP contribution in [0.4, 0.5) is 4.79 Å². The summed E-state index contributed by atoms with van der Waals surface area (Å²) in [4.78, 5) is 19.6. The van der Waals surface area contributed by atoms with Gasteiger partial charge in [0.25, 0.3) is 0 Å². The third kappa shape index (κ3) is 12.5. The van der Waals surface area contributed by atoms with Crippen molar-refractivity contribution < 1.29 is 9.53 Å². The first-order chi connectivity index (χ1) is 20.2. The highest BCUT2D eigenvalue weighted by Gasteiger charge is 2.24. The Morgan fingerprint density at radius 3 is 2.33 bits per heavy atom. The molecule has 43 heavy (non-hydrogen) atoms. The molecule has 0 aromatic carbocycles. The van der Waals surface area contributed by atoms with Crippen LogP contribution in [0.2, 0.25) is 0 Å². The van der Waals surface area contributed by atoms with Crippen molar-refractivity contribution in [1.82, 2.24) is 4.90 Å². The minimum Gasteiger partial charge on any atom is -0.444 e. The van der Waals surface area contributed by atoms with E-state index in [1.54, 1.807) is 0 Å². The fraction of sp³-hybridized carbons (Fsp3) is 0.641. The summed E-state index contributed by atoms with van der Waals surface area (Å²) in [6.07, 6.45) is 19.9. The summed E-state index contributed by atoms with van der Waals surface area (Å²) in [5.74, 6) is 1.04. The Kier molecular flexibility index (Phi) is 15.0. The molecule has 0 radical (unpaired) electrons. The second-order valence-corrected chi connectivity index (χ2v) is 14.2. The molecule has 0 bridgehead atoms. The molecule has 0 spiro atoms. The molecule has 1 saturated carbocycles. The first kappa shape index (κ1) is 36.6. The number of nitrogens with zero attached hydrogens (tertiary/aromatic N) is 2. The zero-order valence-corrected chi connectivity index (χ0v) is 29.2. The van der Waals surface area contributed by atoms with Crippen molar-refractivity contribution in [3.05, 3.63) is 70.4 Å². The van der Waals surface area contributed by atoms with Crippen molar-refractivity contribution in [3.63, 3.8) is 0 Å². The monoisotopic (exact) mass is 590 g/mol. The van der Waals surface area contributed by atoms with E-state index in [0.717, 1.165) is 48.1 Å². The van der Waals surface area contributed by atoms with Gasteiger partial charge >= 0.3 is 6.09 Å². The van der Waals surface area contributed by atoms with Crippen molar-refractivity contribution in [3.8, 4) is 0 Å². The van der Waals surface area contributed by atoms with E-state index in [9.17, 15) is 4.79 Å². The molecule has 0 unspecified atom stereocenters. The molecule has 2 aliphatic carbocycles. The van der Waals surface area contributed by atoms with E-state index in [-0.39, 0.29) is 6.09 Å². The average Bonchev–Trinajstić information content (AvgIpc) is 3.26. The standard InChI is InChI=1S/C39H62N2O2/c1-28(2)27-41(38(42)43-39(8,9)10)24-18-19-31(6)36(29(3)4)37(32(7)40-11)35(34-22-14-12-13-15-23-34)26-30(5)25-33-20-16-17-21-33/h22,25-26,28,33H,3,6,12-21,23-24,27H2,1-2,4-5,7-11H3/b30-25-,35-26-,37-36-,40-32-. The van der Waals surface area contributed by atoms with Crippen LogP contribution < -0.4 is 0 Å². The van der Waals surface area contributed by atoms with E-state index in [0.29, 0.717) is 24.9 Å². The van der Waals surface area contributed by atoms with Gasteiger partial charge in [-0.25, -0.2) is 4.79 Å². The van der Waals surface area contributed by atoms with E-state index < -0.39 is 5.60 Å². The van der Waals surface area contributed by atoms with Crippen LogP contribution >= 0.6 is 0 Å². The number of rotatable bonds is 13. The fourth-order valence-electron chi connectivity index (χ4n) is 6.30. The first-order valence-electron chi connectivity index (χ1n) is 16.8. The molecule has 2 aliphatic rings. The predicted molar refractivity (Wildman–Crippen MR) is 187 cm³/mol. The number of carbonyl (C=O) groups excluding carboxylic acids is 1. The molecule has 0 aromatic rings. The molecule has 2 rings (SSSR count). The van der Waals surface area contributed by atoms with Gasteiger partial charge in [0, 0.05) is 31.4 Å². The van der Waals surface area contributed by atoms with Gasteiger partial charge in [0.15, 0.2) is 0 Å². The van der Waals surface area contributed by atoms with Crippen LogP contribution in [0.3, 0.4) is 0 Å². The summed E-state index contributed by atoms with van der Waals surface area (Å²) < 4.78 is 5.73. The van der Waals surface area contributed by atoms with Gasteiger partial charge in [-0.1, -0.05) is 75.6 Å². The SMILES string of the molecule is C=C(C)/C(C(=C)CCCN(CC(C)C)C(=O)OC(C)(C)C)=C(C(=C\C(C)=C/C1CCCC1)/C1=CCCCCC1)\C(C)=N/C. The average molecular weight is 591 g/mol. The van der Waals surface area contributed by atoms with Crippen LogP contribution in [0.1, 0.15) is 126 Å². The van der Waals surface area contributed by atoms with Crippen LogP contribution in [0.15, 0.2) is 75.4 Å². The summed E-state index contributed by atoms with van der Waals surface area (Å²) >= 11 is 0. The molecule has 4 nitrogen and oxygen atoms in total. The zero-order valence-electron chi connectivity index (χ0n) is 29.2. The second kappa shape index (κ2) is 17.6. The topological polar surface area (TPSA) is 41.9 Å². The zero-order chi connectivity index (χ0) is 32.2. The van der Waals surface area contributed by atoms with Crippen molar-refractivity contribution >= 4 is 11.8 Å². The summed E-state index contributed by atoms with van der Waals surface area (Å²) in [6, 6.07) is 0. The molecular formula is C39H62N2O2. The van der Waals surface area contributed by atoms with E-state index in [1.807, 2.05) is 32.7 Å². The lowest BCUT2D eigenvalue weighted by molar-refractivity contribution is 0.0226. The van der Waals surface area contributed by atoms with Gasteiger partial charge in [-0.05, 0) is 127 Å². The van der Waals surface area contributed by atoms with Gasteiger partial charge in [-0.15, -0.1) is 0 Å². The maximum atomic E-state index is 13.0. The number of allylic oxidation sites excluding steroid dienone is 10. The third-order valence-electron chi connectivity index (χ3n) is 8.30. The van der Waals surface area contributed by atoms with Crippen molar-refractivity contribution in [2.45, 2.75) is 132 Å². The highest BCUT2D eigenvalue weighted by molar-refractivity contribution is 6.05. The maximum absolute atomic E-state index is 13.0. The van der Waals surface area contributed by atoms with Crippen molar-refractivity contribution in [2.75, 3.05) is 20.1 Å². The summed E-state index contributed by atoms with van der Waals surface area (Å²) in [5.41, 5.74) is 8.88. The van der Waals surface area contributed by atoms with Crippen LogP contribution in [0.5, 0.6) is 0 Å². The largest absolute Gasteiger partial charge is 0.444 e. The minimum atomic E-state index is -0.516. The third-order valence-corrected chi connectivity index (χ3v) is 8.30. The maximum Gasteiger partial charge on any atom is 0.410 e. The van der Waals surface area contributed by atoms with Crippen LogP contribution in [0, 0.1) is 11.8 Å². The van der Waals surface area contributed by atoms with Crippen molar-refractivity contribution in [1.29, 1.82) is 0 Å². The second-order valence-electron chi connectivity index (χ2n) is 14.2. The lowest BCUT2D eigenvalue weighted by Crippen LogP contribution is -2.39. The Morgan fingerprint density at radius 1 is 1.07 bits per heavy atom. The predicted octanol–water partition coefficient (Wildman–Crippen LogP) is 11.1. The number of hydrogen-bond donors (Lipinski definition) is 0. The number of aliphatic imine (C=N–C) groups is 1. The first-order valence-corrected chi connectivity index (χ1v) is 16.8. The molecule has 0 aromatic heterocycles. The lowest BCUT2D eigenvalue weighted by atomic mass is 9.82. The van der Waals surface area contributed by atoms with Gasteiger partial charge in [-0.2, -0.15) is 0 Å². The molecule has 1 fully saturated rings. The van der Waals surface area contributed by atoms with Gasteiger partial charge in [0.1, 0.15) is 5.60 Å². The number of ether oxygens (including phenoxy) is 1. The van der Waals surface area contributed by atoms with E-state index in [4.69, 9.17) is 9.73 Å². The Balaban J connectivity index is 2.51. The van der Waals surface area contributed by atoms with Gasteiger partial charge in [0.2, 0.25) is 0 Å². The highest BCUT2D eigenvalue weighted by atomic mass is 16.6. The van der Waals surface area contributed by atoms with Gasteiger partial charge < -0.3 is 9.64 Å². The van der Waals surface area contributed by atoms with Crippen LogP contribution in [0.25, 0.3) is 0 Å². The van der Waals surface area contributed by atoms with Crippen molar-refractivity contribution in [2.24, 2.45) is 16.8 Å². The molecule has 240 valence electrons. The summed E-state index contributed by atoms with van der Waals surface area (Å²) in [5, 5.41) is 0. The van der Waals surface area contributed by atoms with E-state index >= 15 is 0 Å². The minimum absolute atomic E-state index is 0.243. The van der Waals surface area contributed by atoms with Crippen LogP contribution in [-0.4, -0.2) is 42.4 Å². The number of carbonyl (C=O) groups is 1. The Labute approximate surface area is 264 Å². The molecule has 0 heterocycles. The molecular weight excluding hydrogens is 528 g/mol. The van der Waals surface area contributed by atoms with Gasteiger partial charge in [-0.3, -0.25) is 4.99 Å². The Morgan fingerprint density at radius 2 is 1.74 bits per heavy atom. The molecule has 0 aliphatic heterocycles. The highest BCUT2D eigenvalue weighted by Crippen LogP contribution is 2.37. The Bertz CT molecular complexity index is 1130. The molecule has 4 heteroatoms. The number of hydrogen-bond acceptors (Lipinski definition) is 3. The quantitative estimate of drug-likeness (QED) is 0.158.